The number of alkyl halides is 6. The summed E-state index contributed by atoms with van der Waals surface area (Å²) in [7, 11) is 0.932. The van der Waals surface area contributed by atoms with Gasteiger partial charge in [-0.2, -0.15) is 26.3 Å². The van der Waals surface area contributed by atoms with Crippen molar-refractivity contribution < 1.29 is 35.9 Å². The average molecular weight is 500 g/mol. The van der Waals surface area contributed by atoms with Crippen LogP contribution in [0.15, 0.2) is 42.5 Å². The van der Waals surface area contributed by atoms with Crippen molar-refractivity contribution in [2.24, 2.45) is 11.8 Å². The molecule has 4 nitrogen and oxygen atoms in total. The van der Waals surface area contributed by atoms with Gasteiger partial charge in [-0.25, -0.2) is 0 Å². The Morgan fingerprint density at radius 3 is 2.11 bits per heavy atom. The van der Waals surface area contributed by atoms with E-state index in [1.165, 1.54) is 0 Å². The lowest BCUT2D eigenvalue weighted by atomic mass is 9.86. The monoisotopic (exact) mass is 500 g/mol. The number of nitrogens with one attached hydrogen (secondary N) is 1. The van der Waals surface area contributed by atoms with Crippen molar-refractivity contribution in [1.82, 2.24) is 10.2 Å². The van der Waals surface area contributed by atoms with E-state index >= 15 is 0 Å². The number of piperidine rings is 1. The highest BCUT2D eigenvalue weighted by Crippen LogP contribution is 2.49. The molecule has 2 aromatic carbocycles. The molecule has 0 bridgehead atoms. The number of hydrogen-bond donors (Lipinski definition) is 1. The molecule has 0 radical (unpaired) electrons. The van der Waals surface area contributed by atoms with E-state index in [0.29, 0.717) is 23.5 Å². The molecule has 1 heterocycles. The van der Waals surface area contributed by atoms with Gasteiger partial charge in [0.15, 0.2) is 0 Å². The molecule has 35 heavy (non-hydrogen) atoms. The zero-order valence-corrected chi connectivity index (χ0v) is 19.4. The molecule has 4 rings (SSSR count). The Hall–Kier alpha value is -2.75. The number of halogens is 6. The van der Waals surface area contributed by atoms with Gasteiger partial charge in [0.2, 0.25) is 0 Å². The van der Waals surface area contributed by atoms with Gasteiger partial charge in [0, 0.05) is 18.6 Å². The minimum atomic E-state index is -5.21. The molecule has 1 saturated heterocycles. The maximum Gasteiger partial charge on any atom is 0.417 e. The van der Waals surface area contributed by atoms with Crippen LogP contribution in [0.5, 0.6) is 5.75 Å². The molecule has 1 aliphatic carbocycles. The van der Waals surface area contributed by atoms with E-state index in [-0.39, 0.29) is 6.07 Å². The number of rotatable bonds is 6. The molecular weight excluding hydrogens is 474 g/mol. The molecule has 3 unspecified atom stereocenters. The molecule has 3 atom stereocenters. The third-order valence-electron chi connectivity index (χ3n) is 7.09. The Kier molecular flexibility index (Phi) is 6.32. The largest absolute Gasteiger partial charge is 0.496 e. The van der Waals surface area contributed by atoms with Crippen LogP contribution in [0.3, 0.4) is 0 Å². The second-order valence-electron chi connectivity index (χ2n) is 9.73. The van der Waals surface area contributed by atoms with E-state index in [2.05, 4.69) is 10.2 Å². The smallest absolute Gasteiger partial charge is 0.417 e. The topological polar surface area (TPSA) is 41.6 Å². The number of hydrogen-bond acceptors (Lipinski definition) is 3. The number of likely N-dealkylation sites (tertiary alicyclic amines) is 1. The molecule has 10 heteroatoms. The van der Waals surface area contributed by atoms with Gasteiger partial charge >= 0.3 is 12.4 Å². The number of benzene rings is 2. The Morgan fingerprint density at radius 2 is 1.60 bits per heavy atom. The van der Waals surface area contributed by atoms with Crippen LogP contribution in [-0.4, -0.2) is 36.5 Å². The molecule has 1 saturated carbocycles. The van der Waals surface area contributed by atoms with Crippen molar-refractivity contribution in [2.45, 2.75) is 44.2 Å². The van der Waals surface area contributed by atoms with Crippen LogP contribution in [-0.2, 0) is 12.4 Å². The highest BCUT2D eigenvalue weighted by atomic mass is 19.4. The minimum Gasteiger partial charge on any atom is -0.496 e. The first-order valence-corrected chi connectivity index (χ1v) is 11.2. The number of methoxy groups -OCH3 is 1. The molecule has 0 aromatic heterocycles. The Bertz CT molecular complexity index is 1090. The third kappa shape index (κ3) is 4.98. The number of carbonyl (C=O) groups is 1. The Labute approximate surface area is 199 Å². The van der Waals surface area contributed by atoms with Crippen LogP contribution in [0.4, 0.5) is 26.3 Å². The van der Waals surface area contributed by atoms with Crippen LogP contribution in [0.2, 0.25) is 0 Å². The van der Waals surface area contributed by atoms with Crippen molar-refractivity contribution in [3.8, 4) is 5.75 Å². The predicted molar refractivity (Wildman–Crippen MR) is 117 cm³/mol. The number of fused-ring (bicyclic) bond motifs is 1. The summed E-state index contributed by atoms with van der Waals surface area (Å²) < 4.78 is 86.3. The number of amides is 1. The van der Waals surface area contributed by atoms with Crippen molar-refractivity contribution in [1.29, 1.82) is 0 Å². The molecule has 0 spiro atoms. The van der Waals surface area contributed by atoms with Crippen molar-refractivity contribution in [3.05, 3.63) is 64.7 Å². The van der Waals surface area contributed by atoms with Crippen molar-refractivity contribution >= 4 is 5.91 Å². The first kappa shape index (κ1) is 25.3. The summed E-state index contributed by atoms with van der Waals surface area (Å²) in [5.74, 6) is -0.799. The van der Waals surface area contributed by atoms with Gasteiger partial charge in [-0.15, -0.1) is 0 Å². The lowest BCUT2D eigenvalue weighted by molar-refractivity contribution is -0.143. The second-order valence-corrected chi connectivity index (χ2v) is 9.73. The van der Waals surface area contributed by atoms with Crippen LogP contribution in [0.25, 0.3) is 0 Å². The molecule has 1 aliphatic heterocycles. The number of carbonyl (C=O) groups excluding carboxylic acids is 1. The fourth-order valence-electron chi connectivity index (χ4n) is 4.97. The lowest BCUT2D eigenvalue weighted by Crippen LogP contribution is -2.53. The summed E-state index contributed by atoms with van der Waals surface area (Å²) in [4.78, 5) is 15.6. The maximum atomic E-state index is 13.9. The first-order chi connectivity index (χ1) is 16.2. The van der Waals surface area contributed by atoms with E-state index in [4.69, 9.17) is 4.74 Å². The highest BCUT2D eigenvalue weighted by Gasteiger charge is 2.51. The normalized spacial score (nSPS) is 21.4. The predicted octanol–water partition coefficient (Wildman–Crippen LogP) is 5.93. The van der Waals surface area contributed by atoms with Gasteiger partial charge < -0.3 is 10.1 Å². The summed E-state index contributed by atoms with van der Waals surface area (Å²) in [6, 6.07) is 8.45. The SMILES string of the molecule is COc1cc(C(F)(F)F)cc(C(F)(F)F)c1C(=O)NC(c1ccccc1)C(C)(C)N1CC2CC2C1. The van der Waals surface area contributed by atoms with E-state index < -0.39 is 52.3 Å². The van der Waals surface area contributed by atoms with Crippen LogP contribution in [0.1, 0.15) is 53.4 Å². The van der Waals surface area contributed by atoms with E-state index in [9.17, 15) is 31.1 Å². The maximum absolute atomic E-state index is 13.9. The summed E-state index contributed by atoms with van der Waals surface area (Å²) >= 11 is 0. The Morgan fingerprint density at radius 1 is 1.00 bits per heavy atom. The van der Waals surface area contributed by atoms with Gasteiger partial charge in [-0.05, 0) is 49.8 Å². The quantitative estimate of drug-likeness (QED) is 0.500. The van der Waals surface area contributed by atoms with Gasteiger partial charge in [0.1, 0.15) is 5.75 Å². The van der Waals surface area contributed by atoms with Crippen molar-refractivity contribution in [3.63, 3.8) is 0 Å². The highest BCUT2D eigenvalue weighted by molar-refractivity contribution is 5.99. The summed E-state index contributed by atoms with van der Waals surface area (Å²) in [5, 5.41) is 2.70. The summed E-state index contributed by atoms with van der Waals surface area (Å²) in [6.45, 7) is 5.44. The fourth-order valence-corrected chi connectivity index (χ4v) is 4.97. The summed E-state index contributed by atoms with van der Waals surface area (Å²) in [6.07, 6.45) is -9.12. The standard InChI is InChI=1S/C25H26F6N2O2/c1-23(2,33-12-15-9-16(15)13-33)21(14-7-5-4-6-8-14)32-22(34)20-18(25(29,30)31)10-17(24(26,27)28)11-19(20)35-3/h4-8,10-11,15-16,21H,9,12-13H2,1-3H3,(H,32,34). The van der Waals surface area contributed by atoms with E-state index in [0.717, 1.165) is 26.6 Å². The molecule has 2 aromatic rings. The van der Waals surface area contributed by atoms with Crippen LogP contribution in [0, 0.1) is 11.8 Å². The second kappa shape index (κ2) is 8.72. The summed E-state index contributed by atoms with van der Waals surface area (Å²) in [5.41, 5.74) is -4.23. The van der Waals surface area contributed by atoms with Gasteiger partial charge in [0.05, 0.1) is 29.8 Å². The van der Waals surface area contributed by atoms with Gasteiger partial charge in [-0.1, -0.05) is 30.3 Å². The zero-order chi connectivity index (χ0) is 25.8. The average Bonchev–Trinajstić information content (AvgIpc) is 3.39. The van der Waals surface area contributed by atoms with Gasteiger partial charge in [-0.3, -0.25) is 9.69 Å². The van der Waals surface area contributed by atoms with Crippen LogP contribution < -0.4 is 10.1 Å². The van der Waals surface area contributed by atoms with Crippen molar-refractivity contribution in [2.75, 3.05) is 20.2 Å². The molecular formula is C25H26F6N2O2. The molecule has 2 fully saturated rings. The van der Waals surface area contributed by atoms with Crippen LogP contribution >= 0.6 is 0 Å². The first-order valence-electron chi connectivity index (χ1n) is 11.2. The number of ether oxygens (including phenoxy) is 1. The minimum absolute atomic E-state index is 0.0475. The lowest BCUT2D eigenvalue weighted by Gasteiger charge is -2.43. The molecule has 2 aliphatic rings. The number of nitrogens with zero attached hydrogens (tertiary/aromatic N) is 1. The van der Waals surface area contributed by atoms with E-state index in [1.54, 1.807) is 30.3 Å². The molecule has 1 N–H and O–H groups in total. The molecule has 190 valence electrons. The van der Waals surface area contributed by atoms with E-state index in [1.807, 2.05) is 13.8 Å². The zero-order valence-electron chi connectivity index (χ0n) is 19.4. The van der Waals surface area contributed by atoms with Gasteiger partial charge in [0.25, 0.3) is 5.91 Å². The Balaban J connectivity index is 1.76. The molecule has 1 amide bonds. The fraction of sp³-hybridized carbons (Fsp3) is 0.480. The third-order valence-corrected chi connectivity index (χ3v) is 7.09.